The lowest BCUT2D eigenvalue weighted by Crippen LogP contribution is -2.10. The summed E-state index contributed by atoms with van der Waals surface area (Å²) < 4.78 is 29.7. The zero-order valence-corrected chi connectivity index (χ0v) is 10.2. The molecular formula is C12H14O4S. The summed E-state index contributed by atoms with van der Waals surface area (Å²) in [5, 5.41) is 0. The minimum absolute atomic E-state index is 0.169. The van der Waals surface area contributed by atoms with Gasteiger partial charge in [0, 0.05) is 12.0 Å². The summed E-state index contributed by atoms with van der Waals surface area (Å²) in [7, 11) is -4.06. The Kier molecular flexibility index (Phi) is 3.31. The van der Waals surface area contributed by atoms with E-state index in [2.05, 4.69) is 0 Å². The molecule has 5 heteroatoms. The molecule has 17 heavy (non-hydrogen) atoms. The molecule has 0 fully saturated rings. The third-order valence-electron chi connectivity index (χ3n) is 3.01. The molecule has 4 nitrogen and oxygen atoms in total. The Morgan fingerprint density at radius 1 is 1.24 bits per heavy atom. The third-order valence-corrected chi connectivity index (χ3v) is 3.73. The fraction of sp³-hybridized carbons (Fsp3) is 0.417. The number of carbonyl (C=O) groups excluding carboxylic acids is 1. The zero-order chi connectivity index (χ0) is 12.5. The molecule has 0 bridgehead atoms. The Morgan fingerprint density at radius 2 is 1.94 bits per heavy atom. The van der Waals surface area contributed by atoms with Gasteiger partial charge in [0.2, 0.25) is 0 Å². The van der Waals surface area contributed by atoms with Crippen LogP contribution in [0.5, 0.6) is 0 Å². The van der Waals surface area contributed by atoms with Gasteiger partial charge in [0.05, 0.1) is 5.75 Å². The van der Waals surface area contributed by atoms with E-state index in [1.165, 1.54) is 11.1 Å². The van der Waals surface area contributed by atoms with Crippen LogP contribution in [-0.4, -0.2) is 24.5 Å². The maximum Gasteiger partial charge on any atom is 0.265 e. The molecule has 1 N–H and O–H groups in total. The number of hydrogen-bond acceptors (Lipinski definition) is 3. The van der Waals surface area contributed by atoms with Gasteiger partial charge in [-0.3, -0.25) is 9.35 Å². The molecule has 1 aliphatic carbocycles. The molecule has 0 radical (unpaired) electrons. The van der Waals surface area contributed by atoms with Crippen LogP contribution in [0.15, 0.2) is 18.2 Å². The van der Waals surface area contributed by atoms with Crippen LogP contribution >= 0.6 is 0 Å². The fourth-order valence-electron chi connectivity index (χ4n) is 2.11. The molecule has 0 atom stereocenters. The zero-order valence-electron chi connectivity index (χ0n) is 9.35. The number of benzene rings is 1. The maximum absolute atomic E-state index is 11.7. The summed E-state index contributed by atoms with van der Waals surface area (Å²) in [5.74, 6) is -0.750. The molecule has 0 amide bonds. The van der Waals surface area contributed by atoms with Crippen LogP contribution in [0.2, 0.25) is 0 Å². The molecule has 1 aromatic carbocycles. The molecule has 92 valence electrons. The van der Waals surface area contributed by atoms with E-state index in [1.807, 2.05) is 12.1 Å². The van der Waals surface area contributed by atoms with E-state index in [0.29, 0.717) is 5.56 Å². The van der Waals surface area contributed by atoms with Crippen LogP contribution in [-0.2, 0) is 23.0 Å². The van der Waals surface area contributed by atoms with Crippen molar-refractivity contribution in [1.29, 1.82) is 0 Å². The highest BCUT2D eigenvalue weighted by Gasteiger charge is 2.15. The van der Waals surface area contributed by atoms with Gasteiger partial charge >= 0.3 is 0 Å². The lowest BCUT2D eigenvalue weighted by Gasteiger charge is -2.03. The number of aryl methyl sites for hydroxylation is 2. The van der Waals surface area contributed by atoms with Crippen LogP contribution in [0.25, 0.3) is 0 Å². The molecule has 0 unspecified atom stereocenters. The predicted octanol–water partition coefficient (Wildman–Crippen LogP) is 1.64. The maximum atomic E-state index is 11.7. The summed E-state index contributed by atoms with van der Waals surface area (Å²) in [6.45, 7) is 0. The number of fused-ring (bicyclic) bond motifs is 1. The lowest BCUT2D eigenvalue weighted by atomic mass is 10.0. The molecule has 0 heterocycles. The molecule has 0 aromatic heterocycles. The molecule has 0 saturated carbocycles. The quantitative estimate of drug-likeness (QED) is 0.655. The topological polar surface area (TPSA) is 71.4 Å². The van der Waals surface area contributed by atoms with E-state index in [9.17, 15) is 13.2 Å². The van der Waals surface area contributed by atoms with E-state index in [4.69, 9.17) is 4.55 Å². The molecule has 1 aromatic rings. The van der Waals surface area contributed by atoms with Crippen molar-refractivity contribution in [2.45, 2.75) is 25.7 Å². The largest absolute Gasteiger partial charge is 0.294 e. The van der Waals surface area contributed by atoms with Gasteiger partial charge in [-0.1, -0.05) is 12.1 Å². The molecular weight excluding hydrogens is 240 g/mol. The van der Waals surface area contributed by atoms with Crippen molar-refractivity contribution in [3.63, 3.8) is 0 Å². The molecule has 0 saturated heterocycles. The average molecular weight is 254 g/mol. The molecule has 0 aliphatic heterocycles. The Labute approximate surface area is 100 Å². The Hall–Kier alpha value is -1.20. The van der Waals surface area contributed by atoms with Gasteiger partial charge in [-0.2, -0.15) is 8.42 Å². The number of ketones is 1. The van der Waals surface area contributed by atoms with Crippen molar-refractivity contribution in [3.8, 4) is 0 Å². The van der Waals surface area contributed by atoms with Gasteiger partial charge in [-0.25, -0.2) is 0 Å². The highest BCUT2D eigenvalue weighted by atomic mass is 32.2. The monoisotopic (exact) mass is 254 g/mol. The van der Waals surface area contributed by atoms with Crippen molar-refractivity contribution in [2.75, 3.05) is 5.75 Å². The van der Waals surface area contributed by atoms with Gasteiger partial charge in [0.25, 0.3) is 10.1 Å². The van der Waals surface area contributed by atoms with Gasteiger partial charge in [-0.15, -0.1) is 0 Å². The van der Waals surface area contributed by atoms with E-state index < -0.39 is 15.9 Å². The normalized spacial score (nSPS) is 14.6. The third kappa shape index (κ3) is 3.14. The summed E-state index contributed by atoms with van der Waals surface area (Å²) in [5.41, 5.74) is 2.99. The van der Waals surface area contributed by atoms with Crippen LogP contribution in [0, 0.1) is 0 Å². The summed E-state index contributed by atoms with van der Waals surface area (Å²) in [6.07, 6.45) is 2.97. The van der Waals surface area contributed by atoms with Crippen LogP contribution in [0.4, 0.5) is 0 Å². The van der Waals surface area contributed by atoms with Gasteiger partial charge in [0.15, 0.2) is 5.78 Å². The van der Waals surface area contributed by atoms with E-state index in [1.54, 1.807) is 6.07 Å². The van der Waals surface area contributed by atoms with Crippen LogP contribution < -0.4 is 0 Å². The number of hydrogen-bond donors (Lipinski definition) is 1. The lowest BCUT2D eigenvalue weighted by molar-refractivity contribution is 0.0988. The van der Waals surface area contributed by atoms with E-state index in [0.717, 1.165) is 19.3 Å². The van der Waals surface area contributed by atoms with Crippen molar-refractivity contribution in [1.82, 2.24) is 0 Å². The average Bonchev–Trinajstić information content (AvgIpc) is 2.71. The molecule has 2 rings (SSSR count). The highest BCUT2D eigenvalue weighted by molar-refractivity contribution is 7.85. The van der Waals surface area contributed by atoms with Gasteiger partial charge in [-0.05, 0) is 36.5 Å². The van der Waals surface area contributed by atoms with Crippen molar-refractivity contribution in [2.24, 2.45) is 0 Å². The first-order chi connectivity index (χ1) is 7.96. The summed E-state index contributed by atoms with van der Waals surface area (Å²) >= 11 is 0. The van der Waals surface area contributed by atoms with Crippen LogP contribution in [0.1, 0.15) is 34.3 Å². The van der Waals surface area contributed by atoms with Crippen molar-refractivity contribution < 1.29 is 17.8 Å². The first-order valence-corrected chi connectivity index (χ1v) is 7.17. The fourth-order valence-corrected chi connectivity index (χ4v) is 2.55. The first kappa shape index (κ1) is 12.3. The van der Waals surface area contributed by atoms with E-state index >= 15 is 0 Å². The summed E-state index contributed by atoms with van der Waals surface area (Å²) in [4.78, 5) is 11.7. The van der Waals surface area contributed by atoms with Crippen molar-refractivity contribution in [3.05, 3.63) is 34.9 Å². The second-order valence-corrected chi connectivity index (χ2v) is 5.87. The number of rotatable bonds is 4. The first-order valence-electron chi connectivity index (χ1n) is 5.56. The Bertz CT molecular complexity index is 546. The van der Waals surface area contributed by atoms with Crippen LogP contribution in [0.3, 0.4) is 0 Å². The minimum atomic E-state index is -4.06. The second-order valence-electron chi connectivity index (χ2n) is 4.30. The Morgan fingerprint density at radius 3 is 2.65 bits per heavy atom. The Balaban J connectivity index is 2.10. The number of Topliss-reactive ketones (excluding diaryl/α,β-unsaturated/α-hetero) is 1. The summed E-state index contributed by atoms with van der Waals surface area (Å²) in [6, 6.07) is 5.51. The van der Waals surface area contributed by atoms with E-state index in [-0.39, 0.29) is 12.2 Å². The minimum Gasteiger partial charge on any atom is -0.294 e. The van der Waals surface area contributed by atoms with Gasteiger partial charge < -0.3 is 0 Å². The van der Waals surface area contributed by atoms with Crippen molar-refractivity contribution >= 4 is 15.9 Å². The van der Waals surface area contributed by atoms with Gasteiger partial charge in [0.1, 0.15) is 0 Å². The standard InChI is InChI=1S/C12H14O4S/c13-12(6-7-17(14,15)16)11-5-4-9-2-1-3-10(9)8-11/h4-5,8H,1-3,6-7H2,(H,14,15,16). The number of carbonyl (C=O) groups is 1. The highest BCUT2D eigenvalue weighted by Crippen LogP contribution is 2.23. The second kappa shape index (κ2) is 4.58. The molecule has 1 aliphatic rings. The SMILES string of the molecule is O=C(CCS(=O)(=O)O)c1ccc2c(c1)CCC2. The smallest absolute Gasteiger partial charge is 0.265 e. The predicted molar refractivity (Wildman–Crippen MR) is 63.8 cm³/mol. The molecule has 0 spiro atoms.